The predicted octanol–water partition coefficient (Wildman–Crippen LogP) is -0.0979. The van der Waals surface area contributed by atoms with Crippen LogP contribution in [-0.4, -0.2) is 44.1 Å². The smallest absolute Gasteiger partial charge is 0.282 e. The number of hydrogen-bond donors (Lipinski definition) is 1. The highest BCUT2D eigenvalue weighted by Gasteiger charge is 2.08. The van der Waals surface area contributed by atoms with Gasteiger partial charge in [0.2, 0.25) is 0 Å². The molecule has 0 saturated heterocycles. The number of ether oxygens (including phenoxy) is 1. The third kappa shape index (κ3) is 3.46. The van der Waals surface area contributed by atoms with E-state index in [0.29, 0.717) is 12.1 Å². The topological polar surface area (TPSA) is 67.9 Å². The molecule has 0 aromatic rings. The van der Waals surface area contributed by atoms with Gasteiger partial charge in [0.05, 0.1) is 6.54 Å². The first-order chi connectivity index (χ1) is 7.11. The van der Waals surface area contributed by atoms with E-state index >= 15 is 0 Å². The number of carbonyl (C=O) groups excluding carboxylic acids is 1. The number of rotatable bonds is 1. The van der Waals surface area contributed by atoms with Crippen LogP contribution < -0.4 is 5.73 Å². The number of nitrogens with two attached hydrogens (primary N) is 1. The van der Waals surface area contributed by atoms with Gasteiger partial charge in [0, 0.05) is 19.7 Å². The molecule has 1 aliphatic rings. The Labute approximate surface area is 88.9 Å². The first kappa shape index (κ1) is 11.3. The van der Waals surface area contributed by atoms with E-state index in [0.717, 1.165) is 0 Å². The van der Waals surface area contributed by atoms with Gasteiger partial charge in [-0.1, -0.05) is 12.2 Å². The van der Waals surface area contributed by atoms with Crippen LogP contribution in [0.4, 0.5) is 0 Å². The third-order valence-electron chi connectivity index (χ3n) is 1.84. The Bertz CT molecular complexity index is 330. The van der Waals surface area contributed by atoms with E-state index < -0.39 is 0 Å². The molecule has 0 aromatic heterocycles. The van der Waals surface area contributed by atoms with Crippen LogP contribution >= 0.6 is 0 Å². The van der Waals surface area contributed by atoms with E-state index in [1.54, 1.807) is 32.3 Å². The lowest BCUT2D eigenvalue weighted by Gasteiger charge is -2.10. The van der Waals surface area contributed by atoms with E-state index in [1.807, 2.05) is 0 Å². The van der Waals surface area contributed by atoms with Gasteiger partial charge in [-0.15, -0.1) is 0 Å². The van der Waals surface area contributed by atoms with Gasteiger partial charge in [-0.2, -0.15) is 0 Å². The lowest BCUT2D eigenvalue weighted by Crippen LogP contribution is -2.23. The van der Waals surface area contributed by atoms with Crippen molar-refractivity contribution in [1.82, 2.24) is 4.90 Å². The first-order valence-corrected chi connectivity index (χ1v) is 4.62. The molecule has 5 nitrogen and oxygen atoms in total. The highest BCUT2D eigenvalue weighted by molar-refractivity contribution is 5.95. The van der Waals surface area contributed by atoms with Gasteiger partial charge in [0.1, 0.15) is 6.61 Å². The van der Waals surface area contributed by atoms with Gasteiger partial charge in [-0.3, -0.25) is 4.79 Å². The molecular weight excluding hydrogens is 194 g/mol. The minimum absolute atomic E-state index is 0.0599. The van der Waals surface area contributed by atoms with Crippen LogP contribution in [0.2, 0.25) is 0 Å². The molecule has 0 fully saturated rings. The largest absolute Gasteiger partial charge is 0.461 e. The second kappa shape index (κ2) is 5.19. The van der Waals surface area contributed by atoms with Crippen LogP contribution in [0, 0.1) is 0 Å². The Kier molecular flexibility index (Phi) is 3.91. The van der Waals surface area contributed by atoms with E-state index in [4.69, 9.17) is 10.5 Å². The van der Waals surface area contributed by atoms with Gasteiger partial charge in [-0.05, 0) is 6.08 Å². The highest BCUT2D eigenvalue weighted by atomic mass is 16.5. The maximum Gasteiger partial charge on any atom is 0.282 e. The van der Waals surface area contributed by atoms with E-state index in [2.05, 4.69) is 4.99 Å². The number of aliphatic imine (C=N–C) groups is 1. The maximum absolute atomic E-state index is 11.6. The first-order valence-electron chi connectivity index (χ1n) is 4.62. The summed E-state index contributed by atoms with van der Waals surface area (Å²) >= 11 is 0. The fraction of sp³-hybridized carbons (Fsp3) is 0.400. The maximum atomic E-state index is 11.6. The van der Waals surface area contributed by atoms with Crippen molar-refractivity contribution in [2.75, 3.05) is 27.2 Å². The van der Waals surface area contributed by atoms with Crippen molar-refractivity contribution in [2.24, 2.45) is 10.7 Å². The summed E-state index contributed by atoms with van der Waals surface area (Å²) in [5.74, 6) is -0.0599. The molecule has 2 N–H and O–H groups in total. The SMILES string of the molecule is CN(C)C(=O)C1=C/COC(N)=NC/C=C\1. The Balaban J connectivity index is 2.78. The number of amides is 1. The minimum atomic E-state index is -0.0599. The second-order valence-electron chi connectivity index (χ2n) is 3.25. The van der Waals surface area contributed by atoms with Crippen molar-refractivity contribution in [1.29, 1.82) is 0 Å². The summed E-state index contributed by atoms with van der Waals surface area (Å²) in [5.41, 5.74) is 6.01. The summed E-state index contributed by atoms with van der Waals surface area (Å²) < 4.78 is 5.06. The Hall–Kier alpha value is -1.78. The third-order valence-corrected chi connectivity index (χ3v) is 1.84. The fourth-order valence-corrected chi connectivity index (χ4v) is 1.07. The van der Waals surface area contributed by atoms with Crippen LogP contribution in [0.25, 0.3) is 0 Å². The van der Waals surface area contributed by atoms with Crippen molar-refractivity contribution in [3.63, 3.8) is 0 Å². The van der Waals surface area contributed by atoms with Gasteiger partial charge in [0.25, 0.3) is 11.9 Å². The minimum Gasteiger partial charge on any atom is -0.461 e. The molecule has 0 bridgehead atoms. The fourth-order valence-electron chi connectivity index (χ4n) is 1.07. The van der Waals surface area contributed by atoms with Crippen molar-refractivity contribution in [2.45, 2.75) is 0 Å². The van der Waals surface area contributed by atoms with Crippen LogP contribution in [0.1, 0.15) is 0 Å². The Morgan fingerprint density at radius 3 is 3.00 bits per heavy atom. The Morgan fingerprint density at radius 1 is 1.60 bits per heavy atom. The second-order valence-corrected chi connectivity index (χ2v) is 3.25. The highest BCUT2D eigenvalue weighted by Crippen LogP contribution is 2.03. The summed E-state index contributed by atoms with van der Waals surface area (Å²) in [6, 6.07) is 0.148. The molecular formula is C10H15N3O2. The van der Waals surface area contributed by atoms with Crippen LogP contribution in [-0.2, 0) is 9.53 Å². The molecule has 1 rings (SSSR count). The molecule has 5 heteroatoms. The summed E-state index contributed by atoms with van der Waals surface area (Å²) in [6.45, 7) is 0.679. The van der Waals surface area contributed by atoms with Gasteiger partial charge in [0.15, 0.2) is 0 Å². The van der Waals surface area contributed by atoms with Crippen LogP contribution in [0.5, 0.6) is 0 Å². The molecule has 0 spiro atoms. The summed E-state index contributed by atoms with van der Waals surface area (Å²) in [4.78, 5) is 17.1. The number of nitrogens with zero attached hydrogens (tertiary/aromatic N) is 2. The lowest BCUT2D eigenvalue weighted by molar-refractivity contribution is -0.124. The van der Waals surface area contributed by atoms with Crippen molar-refractivity contribution >= 4 is 11.9 Å². The van der Waals surface area contributed by atoms with Crippen molar-refractivity contribution < 1.29 is 9.53 Å². The molecule has 1 heterocycles. The van der Waals surface area contributed by atoms with Gasteiger partial charge in [-0.25, -0.2) is 4.99 Å². The molecule has 0 aromatic carbocycles. The number of amidine groups is 1. The number of likely N-dealkylation sites (N-methyl/N-ethyl adjacent to an activating group) is 1. The average Bonchev–Trinajstić information content (AvgIpc) is 2.29. The molecule has 0 unspecified atom stereocenters. The Morgan fingerprint density at radius 2 is 2.33 bits per heavy atom. The molecule has 15 heavy (non-hydrogen) atoms. The van der Waals surface area contributed by atoms with E-state index in [9.17, 15) is 4.79 Å². The van der Waals surface area contributed by atoms with Crippen molar-refractivity contribution in [3.05, 3.63) is 23.8 Å². The predicted molar refractivity (Wildman–Crippen MR) is 58.4 cm³/mol. The standard InChI is InChI=1S/C10H15N3O2/c1-13(2)9(14)8-4-3-6-12-10(11)15-7-5-8/h3-5H,6-7H2,1-2H3,(H2,11,12)/b4-3-,8-5+. The zero-order valence-electron chi connectivity index (χ0n) is 8.93. The number of carbonyl (C=O) groups is 1. The molecule has 82 valence electrons. The summed E-state index contributed by atoms with van der Waals surface area (Å²) in [7, 11) is 3.41. The van der Waals surface area contributed by atoms with Gasteiger partial charge < -0.3 is 15.4 Å². The molecule has 0 saturated carbocycles. The summed E-state index contributed by atoms with van der Waals surface area (Å²) in [6.07, 6.45) is 5.19. The quantitative estimate of drug-likeness (QED) is 0.655. The molecule has 0 radical (unpaired) electrons. The van der Waals surface area contributed by atoms with Crippen LogP contribution in [0.3, 0.4) is 0 Å². The molecule has 1 aliphatic heterocycles. The normalized spacial score (nSPS) is 22.0. The molecule has 0 aliphatic carbocycles. The zero-order valence-corrected chi connectivity index (χ0v) is 8.93. The average molecular weight is 209 g/mol. The molecule has 1 amide bonds. The van der Waals surface area contributed by atoms with E-state index in [1.165, 1.54) is 4.90 Å². The van der Waals surface area contributed by atoms with Gasteiger partial charge >= 0.3 is 0 Å². The number of hydrogen-bond acceptors (Lipinski definition) is 4. The monoisotopic (exact) mass is 209 g/mol. The van der Waals surface area contributed by atoms with Crippen LogP contribution in [0.15, 0.2) is 28.8 Å². The summed E-state index contributed by atoms with van der Waals surface area (Å²) in [5, 5.41) is 0. The lowest BCUT2D eigenvalue weighted by atomic mass is 10.2. The van der Waals surface area contributed by atoms with E-state index in [-0.39, 0.29) is 18.5 Å². The van der Waals surface area contributed by atoms with Crippen molar-refractivity contribution in [3.8, 4) is 0 Å². The molecule has 0 atom stereocenters. The zero-order chi connectivity index (χ0) is 11.3.